The van der Waals surface area contributed by atoms with Crippen LogP contribution in [0.3, 0.4) is 0 Å². The third-order valence-electron chi connectivity index (χ3n) is 1.96. The van der Waals surface area contributed by atoms with E-state index in [1.54, 1.807) is 19.9 Å². The Hall–Kier alpha value is -2.11. The monoisotopic (exact) mass is 222 g/mol. The van der Waals surface area contributed by atoms with Crippen LogP contribution in [0.5, 0.6) is 0 Å². The summed E-state index contributed by atoms with van der Waals surface area (Å²) in [6.07, 6.45) is 1.51. The molecule has 0 amide bonds. The van der Waals surface area contributed by atoms with E-state index < -0.39 is 5.97 Å². The Morgan fingerprint density at radius 1 is 1.50 bits per heavy atom. The second-order valence-electron chi connectivity index (χ2n) is 3.02. The number of hydrogen-bond acceptors (Lipinski definition) is 6. The van der Waals surface area contributed by atoms with E-state index in [4.69, 9.17) is 13.6 Å². The molecule has 6 heteroatoms. The molecular formula is C10H10N2O4. The Balaban J connectivity index is 2.26. The molecule has 0 radical (unpaired) electrons. The maximum atomic E-state index is 11.3. The van der Waals surface area contributed by atoms with E-state index in [1.807, 2.05) is 0 Å². The van der Waals surface area contributed by atoms with Gasteiger partial charge in [-0.3, -0.25) is 0 Å². The van der Waals surface area contributed by atoms with E-state index in [2.05, 4.69) is 10.2 Å². The largest absolute Gasteiger partial charge is 0.469 e. The first-order chi connectivity index (χ1) is 7.72. The number of aryl methyl sites for hydroxylation is 1. The highest BCUT2D eigenvalue weighted by atomic mass is 16.5. The molecule has 0 spiro atoms. The summed E-state index contributed by atoms with van der Waals surface area (Å²) >= 11 is 0. The third-order valence-corrected chi connectivity index (χ3v) is 1.96. The van der Waals surface area contributed by atoms with Gasteiger partial charge < -0.3 is 13.6 Å². The average Bonchev–Trinajstić information content (AvgIpc) is 2.86. The molecule has 84 valence electrons. The fourth-order valence-corrected chi connectivity index (χ4v) is 1.21. The van der Waals surface area contributed by atoms with Gasteiger partial charge in [0.2, 0.25) is 0 Å². The lowest BCUT2D eigenvalue weighted by atomic mass is 10.3. The predicted molar refractivity (Wildman–Crippen MR) is 52.7 cm³/mol. The summed E-state index contributed by atoms with van der Waals surface area (Å²) in [4.78, 5) is 11.3. The van der Waals surface area contributed by atoms with Crippen LogP contribution in [-0.4, -0.2) is 22.8 Å². The van der Waals surface area contributed by atoms with Crippen molar-refractivity contribution in [1.82, 2.24) is 10.2 Å². The lowest BCUT2D eigenvalue weighted by Gasteiger charge is -1.94. The Morgan fingerprint density at radius 2 is 2.31 bits per heavy atom. The zero-order valence-electron chi connectivity index (χ0n) is 8.89. The minimum Gasteiger partial charge on any atom is -0.469 e. The number of ether oxygens (including phenoxy) is 1. The zero-order valence-corrected chi connectivity index (χ0v) is 8.89. The van der Waals surface area contributed by atoms with Gasteiger partial charge in [-0.2, -0.15) is 0 Å². The molecule has 0 bridgehead atoms. The molecule has 0 unspecified atom stereocenters. The molecule has 2 heterocycles. The molecule has 6 nitrogen and oxygen atoms in total. The molecule has 0 aliphatic rings. The summed E-state index contributed by atoms with van der Waals surface area (Å²) in [6.45, 7) is 3.74. The molecular weight excluding hydrogens is 212 g/mol. The Bertz CT molecular complexity index is 500. The summed E-state index contributed by atoms with van der Waals surface area (Å²) < 4.78 is 15.0. The van der Waals surface area contributed by atoms with Crippen molar-refractivity contribution in [2.75, 3.05) is 6.61 Å². The molecule has 0 aromatic carbocycles. The molecule has 0 saturated carbocycles. The number of carbonyl (C=O) groups excluding carboxylic acids is 1. The number of rotatable bonds is 3. The van der Waals surface area contributed by atoms with Crippen molar-refractivity contribution in [1.29, 1.82) is 0 Å². The molecule has 0 saturated heterocycles. The van der Waals surface area contributed by atoms with Crippen molar-refractivity contribution >= 4 is 5.97 Å². The lowest BCUT2D eigenvalue weighted by Crippen LogP contribution is -2.04. The Labute approximate surface area is 91.2 Å². The van der Waals surface area contributed by atoms with Gasteiger partial charge in [0.05, 0.1) is 18.4 Å². The van der Waals surface area contributed by atoms with E-state index >= 15 is 0 Å². The molecule has 16 heavy (non-hydrogen) atoms. The maximum Gasteiger partial charge on any atom is 0.396 e. The van der Waals surface area contributed by atoms with Crippen LogP contribution in [0.2, 0.25) is 0 Å². The van der Waals surface area contributed by atoms with Crippen molar-refractivity contribution in [2.24, 2.45) is 0 Å². The highest BCUT2D eigenvalue weighted by Gasteiger charge is 2.18. The molecule has 0 N–H and O–H groups in total. The second-order valence-corrected chi connectivity index (χ2v) is 3.02. The average molecular weight is 222 g/mol. The van der Waals surface area contributed by atoms with Crippen LogP contribution in [0.25, 0.3) is 11.5 Å². The smallest absolute Gasteiger partial charge is 0.396 e. The van der Waals surface area contributed by atoms with E-state index in [-0.39, 0.29) is 18.4 Å². The quantitative estimate of drug-likeness (QED) is 0.737. The van der Waals surface area contributed by atoms with Gasteiger partial charge in [-0.05, 0) is 19.9 Å². The zero-order chi connectivity index (χ0) is 11.5. The fraction of sp³-hybridized carbons (Fsp3) is 0.300. The Kier molecular flexibility index (Phi) is 2.72. The van der Waals surface area contributed by atoms with E-state index in [0.29, 0.717) is 11.3 Å². The maximum absolute atomic E-state index is 11.3. The minimum atomic E-state index is -0.623. The molecule has 0 aliphatic heterocycles. The lowest BCUT2D eigenvalue weighted by molar-refractivity contribution is 0.0481. The van der Waals surface area contributed by atoms with Crippen LogP contribution in [0.4, 0.5) is 0 Å². The van der Waals surface area contributed by atoms with Crippen molar-refractivity contribution < 1.29 is 18.4 Å². The van der Waals surface area contributed by atoms with Gasteiger partial charge in [0.25, 0.3) is 5.89 Å². The normalized spacial score (nSPS) is 10.4. The summed E-state index contributed by atoms with van der Waals surface area (Å²) in [6, 6.07) is 1.69. The number of nitrogens with zero attached hydrogens (tertiary/aromatic N) is 2. The number of hydrogen-bond donors (Lipinski definition) is 0. The number of aromatic nitrogens is 2. The SMILES string of the molecule is CCOC(=O)c1nnc(-c2ccoc2C)o1. The van der Waals surface area contributed by atoms with Crippen molar-refractivity contribution in [3.8, 4) is 11.5 Å². The highest BCUT2D eigenvalue weighted by Crippen LogP contribution is 2.22. The van der Waals surface area contributed by atoms with Gasteiger partial charge in [0.1, 0.15) is 5.76 Å². The van der Waals surface area contributed by atoms with E-state index in [9.17, 15) is 4.79 Å². The predicted octanol–water partition coefficient (Wildman–Crippen LogP) is 1.81. The standard InChI is InChI=1S/C10H10N2O4/c1-3-14-10(13)9-12-11-8(16-9)7-4-5-15-6(7)2/h4-5H,3H2,1-2H3. The van der Waals surface area contributed by atoms with Crippen molar-refractivity contribution in [3.05, 3.63) is 24.0 Å². The number of carbonyl (C=O) groups is 1. The first-order valence-electron chi connectivity index (χ1n) is 4.77. The minimum absolute atomic E-state index is 0.155. The van der Waals surface area contributed by atoms with Gasteiger partial charge in [0.15, 0.2) is 0 Å². The summed E-state index contributed by atoms with van der Waals surface area (Å²) in [5.41, 5.74) is 0.669. The molecule has 2 aromatic heterocycles. The molecule has 0 aliphatic carbocycles. The van der Waals surface area contributed by atoms with Gasteiger partial charge in [-0.15, -0.1) is 10.2 Å². The summed E-state index contributed by atoms with van der Waals surface area (Å²) in [7, 11) is 0. The van der Waals surface area contributed by atoms with Gasteiger partial charge in [-0.1, -0.05) is 0 Å². The van der Waals surface area contributed by atoms with E-state index in [1.165, 1.54) is 6.26 Å². The third kappa shape index (κ3) is 1.81. The van der Waals surface area contributed by atoms with Crippen LogP contribution in [0.15, 0.2) is 21.2 Å². The second kappa shape index (κ2) is 4.18. The molecule has 2 aromatic rings. The first-order valence-corrected chi connectivity index (χ1v) is 4.77. The van der Waals surface area contributed by atoms with Crippen molar-refractivity contribution in [3.63, 3.8) is 0 Å². The van der Waals surface area contributed by atoms with Crippen LogP contribution >= 0.6 is 0 Å². The van der Waals surface area contributed by atoms with Crippen LogP contribution in [0.1, 0.15) is 23.4 Å². The fourth-order valence-electron chi connectivity index (χ4n) is 1.21. The van der Waals surface area contributed by atoms with Gasteiger partial charge >= 0.3 is 11.9 Å². The van der Waals surface area contributed by atoms with Gasteiger partial charge in [-0.25, -0.2) is 4.79 Å². The summed E-state index contributed by atoms with van der Waals surface area (Å²) in [5, 5.41) is 7.34. The van der Waals surface area contributed by atoms with Crippen LogP contribution in [-0.2, 0) is 4.74 Å². The first kappa shape index (κ1) is 10.4. The molecule has 0 fully saturated rings. The topological polar surface area (TPSA) is 78.4 Å². The van der Waals surface area contributed by atoms with Crippen LogP contribution in [0, 0.1) is 6.92 Å². The van der Waals surface area contributed by atoms with Crippen LogP contribution < -0.4 is 0 Å². The van der Waals surface area contributed by atoms with Crippen molar-refractivity contribution in [2.45, 2.75) is 13.8 Å². The highest BCUT2D eigenvalue weighted by molar-refractivity contribution is 5.84. The van der Waals surface area contributed by atoms with E-state index in [0.717, 1.165) is 0 Å². The number of furan rings is 1. The Morgan fingerprint density at radius 3 is 2.94 bits per heavy atom. The molecule has 2 rings (SSSR count). The summed E-state index contributed by atoms with van der Waals surface area (Å²) in [5.74, 6) is 0.119. The molecule has 0 atom stereocenters. The van der Waals surface area contributed by atoms with Gasteiger partial charge in [0, 0.05) is 0 Å². The number of esters is 1.